The Morgan fingerprint density at radius 2 is 2.10 bits per heavy atom. The summed E-state index contributed by atoms with van der Waals surface area (Å²) in [5.41, 5.74) is 0.508. The van der Waals surface area contributed by atoms with Crippen molar-refractivity contribution < 1.29 is 4.74 Å². The Kier molecular flexibility index (Phi) is 4.54. The third kappa shape index (κ3) is 3.42. The van der Waals surface area contributed by atoms with Crippen LogP contribution in [0.2, 0.25) is 0 Å². The van der Waals surface area contributed by atoms with Gasteiger partial charge in [-0.3, -0.25) is 5.32 Å². The van der Waals surface area contributed by atoms with E-state index in [9.17, 15) is 5.26 Å². The van der Waals surface area contributed by atoms with Crippen molar-refractivity contribution >= 4 is 11.8 Å². The average Bonchev–Trinajstić information content (AvgIpc) is 3.25. The van der Waals surface area contributed by atoms with Crippen LogP contribution < -0.4 is 5.32 Å². The molecule has 1 aliphatic carbocycles. The maximum absolute atomic E-state index is 9.89. The molecule has 2 aliphatic rings. The summed E-state index contributed by atoms with van der Waals surface area (Å²) >= 11 is 1.88. The summed E-state index contributed by atoms with van der Waals surface area (Å²) in [5.74, 6) is 0.780. The van der Waals surface area contributed by atoms with Gasteiger partial charge in [0.15, 0.2) is 0 Å². The highest BCUT2D eigenvalue weighted by Gasteiger charge is 2.39. The largest absolute Gasteiger partial charge is 0.377 e. The van der Waals surface area contributed by atoms with Crippen LogP contribution in [0.5, 0.6) is 0 Å². The van der Waals surface area contributed by atoms with Crippen molar-refractivity contribution in [2.24, 2.45) is 0 Å². The number of hydrogen-bond donors (Lipinski definition) is 1. The Labute approximate surface area is 131 Å². The minimum Gasteiger partial charge on any atom is -0.377 e. The van der Waals surface area contributed by atoms with Crippen molar-refractivity contribution in [1.29, 1.82) is 5.26 Å². The highest BCUT2D eigenvalue weighted by molar-refractivity contribution is 8.00. The molecule has 3 rings (SSSR count). The Balaban J connectivity index is 1.76. The Hall–Kier alpha value is -1.02. The van der Waals surface area contributed by atoms with Crippen molar-refractivity contribution in [1.82, 2.24) is 5.32 Å². The number of hydrogen-bond acceptors (Lipinski definition) is 4. The van der Waals surface area contributed by atoms with Crippen LogP contribution in [0.1, 0.15) is 31.7 Å². The number of nitrogens with zero attached hydrogens (tertiary/aromatic N) is 1. The quantitative estimate of drug-likeness (QED) is 0.877. The van der Waals surface area contributed by atoms with Crippen molar-refractivity contribution in [2.45, 2.75) is 49.1 Å². The van der Waals surface area contributed by atoms with Gasteiger partial charge in [-0.15, -0.1) is 0 Å². The van der Waals surface area contributed by atoms with Crippen molar-refractivity contribution in [3.8, 4) is 6.07 Å². The molecule has 0 bridgehead atoms. The molecule has 1 heterocycles. The number of nitriles is 1. The first-order valence-corrected chi connectivity index (χ1v) is 8.76. The molecule has 21 heavy (non-hydrogen) atoms. The van der Waals surface area contributed by atoms with Gasteiger partial charge >= 0.3 is 0 Å². The predicted molar refractivity (Wildman–Crippen MR) is 86.2 cm³/mol. The maximum atomic E-state index is 9.89. The van der Waals surface area contributed by atoms with E-state index < -0.39 is 5.54 Å². The fourth-order valence-corrected chi connectivity index (χ4v) is 4.19. The van der Waals surface area contributed by atoms with E-state index in [0.717, 1.165) is 24.3 Å². The van der Waals surface area contributed by atoms with Crippen LogP contribution in [0, 0.1) is 11.3 Å². The fraction of sp³-hybridized carbons (Fsp3) is 0.588. The smallest absolute Gasteiger partial charge is 0.141 e. The third-order valence-electron chi connectivity index (χ3n) is 4.31. The number of nitrogens with one attached hydrogen (secondary N) is 1. The molecule has 1 N–H and O–H groups in total. The van der Waals surface area contributed by atoms with E-state index in [4.69, 9.17) is 4.74 Å². The van der Waals surface area contributed by atoms with Crippen molar-refractivity contribution in [3.63, 3.8) is 0 Å². The van der Waals surface area contributed by atoms with E-state index in [2.05, 4.69) is 30.4 Å². The molecule has 0 aromatic heterocycles. The summed E-state index contributed by atoms with van der Waals surface area (Å²) in [6, 6.07) is 13.2. The minimum atomic E-state index is -0.574. The maximum Gasteiger partial charge on any atom is 0.141 e. The number of benzene rings is 1. The molecule has 3 nitrogen and oxygen atoms in total. The van der Waals surface area contributed by atoms with E-state index >= 15 is 0 Å². The number of thioether (sulfide) groups is 1. The van der Waals surface area contributed by atoms with E-state index in [0.29, 0.717) is 17.4 Å². The SMILES string of the molecule is CC1OCCC1SCC(C#N)(NC1CC1)c1ccccc1. The molecule has 3 unspecified atom stereocenters. The van der Waals surface area contributed by atoms with E-state index in [1.54, 1.807) is 0 Å². The van der Waals surface area contributed by atoms with Crippen LogP contribution in [-0.4, -0.2) is 29.8 Å². The summed E-state index contributed by atoms with van der Waals surface area (Å²) in [4.78, 5) is 0. The molecule has 1 saturated heterocycles. The first-order chi connectivity index (χ1) is 10.2. The molecule has 3 atom stereocenters. The first kappa shape index (κ1) is 14.9. The van der Waals surface area contributed by atoms with Crippen LogP contribution in [0.3, 0.4) is 0 Å². The standard InChI is InChI=1S/C17H22N2OS/c1-13-16(9-10-20-13)21-12-17(11-18,19-15-7-8-15)14-5-3-2-4-6-14/h2-6,13,15-16,19H,7-10,12H2,1H3. The topological polar surface area (TPSA) is 45.0 Å². The summed E-state index contributed by atoms with van der Waals surface area (Å²) < 4.78 is 5.64. The van der Waals surface area contributed by atoms with Gasteiger partial charge in [-0.1, -0.05) is 30.3 Å². The normalized spacial score (nSPS) is 28.0. The molecule has 1 aromatic rings. The Morgan fingerprint density at radius 1 is 1.33 bits per heavy atom. The van der Waals surface area contributed by atoms with Crippen molar-refractivity contribution in [3.05, 3.63) is 35.9 Å². The second kappa shape index (κ2) is 6.39. The van der Waals surface area contributed by atoms with Gasteiger partial charge in [-0.2, -0.15) is 17.0 Å². The van der Waals surface area contributed by atoms with Crippen LogP contribution in [-0.2, 0) is 10.3 Å². The van der Waals surface area contributed by atoms with Crippen LogP contribution >= 0.6 is 11.8 Å². The molecule has 2 fully saturated rings. The van der Waals surface area contributed by atoms with Gasteiger partial charge in [0.1, 0.15) is 5.54 Å². The summed E-state index contributed by atoms with van der Waals surface area (Å²) in [5, 5.41) is 14.0. The van der Waals surface area contributed by atoms with Gasteiger partial charge in [-0.25, -0.2) is 0 Å². The molecule has 112 valence electrons. The van der Waals surface area contributed by atoms with Gasteiger partial charge in [-0.05, 0) is 31.7 Å². The van der Waals surface area contributed by atoms with Crippen LogP contribution in [0.4, 0.5) is 0 Å². The lowest BCUT2D eigenvalue weighted by molar-refractivity contribution is 0.127. The zero-order chi connectivity index (χ0) is 14.7. The van der Waals surface area contributed by atoms with Crippen molar-refractivity contribution in [2.75, 3.05) is 12.4 Å². The molecular formula is C17H22N2OS. The van der Waals surface area contributed by atoms with E-state index in [1.807, 2.05) is 30.0 Å². The van der Waals surface area contributed by atoms with Crippen LogP contribution in [0.15, 0.2) is 30.3 Å². The lowest BCUT2D eigenvalue weighted by Gasteiger charge is -2.30. The Bertz CT molecular complexity index is 511. The van der Waals surface area contributed by atoms with Crippen LogP contribution in [0.25, 0.3) is 0 Å². The molecule has 4 heteroatoms. The third-order valence-corrected chi connectivity index (χ3v) is 5.95. The lowest BCUT2D eigenvalue weighted by atomic mass is 9.93. The molecule has 1 saturated carbocycles. The zero-order valence-electron chi connectivity index (χ0n) is 12.4. The monoisotopic (exact) mass is 302 g/mol. The number of rotatable bonds is 6. The molecule has 1 aliphatic heterocycles. The molecule has 0 radical (unpaired) electrons. The van der Waals surface area contributed by atoms with Gasteiger partial charge in [0, 0.05) is 23.7 Å². The highest BCUT2D eigenvalue weighted by atomic mass is 32.2. The van der Waals surface area contributed by atoms with Gasteiger partial charge in [0.05, 0.1) is 12.2 Å². The van der Waals surface area contributed by atoms with Gasteiger partial charge in [0.2, 0.25) is 0 Å². The summed E-state index contributed by atoms with van der Waals surface area (Å²) in [6.45, 7) is 2.98. The highest BCUT2D eigenvalue weighted by Crippen LogP contribution is 2.35. The van der Waals surface area contributed by atoms with Gasteiger partial charge < -0.3 is 4.74 Å². The summed E-state index contributed by atoms with van der Waals surface area (Å²) in [6.07, 6.45) is 3.75. The number of ether oxygens (including phenoxy) is 1. The second-order valence-electron chi connectivity index (χ2n) is 6.02. The van der Waals surface area contributed by atoms with Gasteiger partial charge in [0.25, 0.3) is 0 Å². The fourth-order valence-electron chi connectivity index (χ4n) is 2.80. The first-order valence-electron chi connectivity index (χ1n) is 7.71. The molecule has 0 amide bonds. The average molecular weight is 302 g/mol. The molecule has 1 aromatic carbocycles. The van der Waals surface area contributed by atoms with E-state index in [-0.39, 0.29) is 0 Å². The second-order valence-corrected chi connectivity index (χ2v) is 7.24. The molecule has 0 spiro atoms. The zero-order valence-corrected chi connectivity index (χ0v) is 13.2. The lowest BCUT2D eigenvalue weighted by Crippen LogP contribution is -2.45. The van der Waals surface area contributed by atoms with E-state index in [1.165, 1.54) is 12.8 Å². The Morgan fingerprint density at radius 3 is 2.67 bits per heavy atom. The molecular weight excluding hydrogens is 280 g/mol. The summed E-state index contributed by atoms with van der Waals surface area (Å²) in [7, 11) is 0. The minimum absolute atomic E-state index is 0.295. The predicted octanol–water partition coefficient (Wildman–Crippen LogP) is 3.07.